The maximum Gasteiger partial charge on any atom is 0.140 e. The monoisotopic (exact) mass is 244 g/mol. The lowest BCUT2D eigenvalue weighted by Gasteiger charge is -2.20. The Morgan fingerprint density at radius 3 is 2.81 bits per heavy atom. The molecule has 4 nitrogen and oxygen atoms in total. The molecule has 1 rings (SSSR count). The van der Waals surface area contributed by atoms with Crippen molar-refractivity contribution in [3.05, 3.63) is 12.2 Å². The number of unbranched alkanes of at least 4 members (excludes halogenated alkanes) is 1. The molecular formula is C11H21ClN4. The first-order valence-electron chi connectivity index (χ1n) is 5.96. The highest BCUT2D eigenvalue weighted by Gasteiger charge is 2.09. The van der Waals surface area contributed by atoms with E-state index in [1.54, 1.807) is 6.33 Å². The van der Waals surface area contributed by atoms with Crippen LogP contribution in [0.15, 0.2) is 6.33 Å². The molecule has 0 spiro atoms. The summed E-state index contributed by atoms with van der Waals surface area (Å²) in [5.74, 6) is 1.70. The molecule has 92 valence electrons. The van der Waals surface area contributed by atoms with Crippen molar-refractivity contribution in [2.24, 2.45) is 0 Å². The van der Waals surface area contributed by atoms with Gasteiger partial charge in [0.2, 0.25) is 0 Å². The van der Waals surface area contributed by atoms with Gasteiger partial charge in [0.05, 0.1) is 6.54 Å². The van der Waals surface area contributed by atoms with Crippen LogP contribution in [-0.2, 0) is 13.1 Å². The van der Waals surface area contributed by atoms with Gasteiger partial charge in [-0.15, -0.1) is 11.6 Å². The van der Waals surface area contributed by atoms with E-state index in [0.29, 0.717) is 5.88 Å². The molecule has 16 heavy (non-hydrogen) atoms. The lowest BCUT2D eigenvalue weighted by Crippen LogP contribution is -2.28. The summed E-state index contributed by atoms with van der Waals surface area (Å²) >= 11 is 5.80. The molecule has 0 saturated carbocycles. The normalized spacial score (nSPS) is 11.2. The number of aromatic nitrogens is 3. The number of halogens is 1. The molecule has 0 radical (unpaired) electrons. The third kappa shape index (κ3) is 4.10. The Morgan fingerprint density at radius 1 is 1.38 bits per heavy atom. The quantitative estimate of drug-likeness (QED) is 0.657. The fraction of sp³-hybridized carbons (Fsp3) is 0.818. The van der Waals surface area contributed by atoms with Crippen molar-refractivity contribution in [3.63, 3.8) is 0 Å². The highest BCUT2D eigenvalue weighted by Crippen LogP contribution is 2.03. The van der Waals surface area contributed by atoms with Gasteiger partial charge in [0.15, 0.2) is 0 Å². The molecule has 0 aromatic carbocycles. The summed E-state index contributed by atoms with van der Waals surface area (Å²) < 4.78 is 1.94. The second-order valence-electron chi connectivity index (χ2n) is 3.81. The Kier molecular flexibility index (Phi) is 6.42. The minimum Gasteiger partial charge on any atom is -0.295 e. The summed E-state index contributed by atoms with van der Waals surface area (Å²) in [6.07, 6.45) is 4.04. The van der Waals surface area contributed by atoms with Gasteiger partial charge < -0.3 is 0 Å². The molecule has 1 aromatic rings. The standard InChI is InChI=1S/C11H21ClN4/c1-3-5-7-15(8-6-12)9-11-13-10-14-16(11)4-2/h10H,3-9H2,1-2H3. The summed E-state index contributed by atoms with van der Waals surface area (Å²) in [6, 6.07) is 0. The second-order valence-corrected chi connectivity index (χ2v) is 4.19. The average Bonchev–Trinajstić information content (AvgIpc) is 2.73. The topological polar surface area (TPSA) is 34.0 Å². The molecule has 1 heterocycles. The zero-order chi connectivity index (χ0) is 11.8. The molecule has 0 unspecified atom stereocenters. The van der Waals surface area contributed by atoms with Crippen LogP contribution in [0.3, 0.4) is 0 Å². The Balaban J connectivity index is 2.52. The number of rotatable bonds is 8. The number of hydrogen-bond donors (Lipinski definition) is 0. The van der Waals surface area contributed by atoms with E-state index in [0.717, 1.165) is 32.0 Å². The number of nitrogens with zero attached hydrogens (tertiary/aromatic N) is 4. The molecule has 0 aliphatic heterocycles. The molecule has 0 bridgehead atoms. The molecule has 0 saturated heterocycles. The average molecular weight is 245 g/mol. The smallest absolute Gasteiger partial charge is 0.140 e. The van der Waals surface area contributed by atoms with Gasteiger partial charge in [0.1, 0.15) is 12.2 Å². The predicted molar refractivity (Wildman–Crippen MR) is 66.6 cm³/mol. The zero-order valence-corrected chi connectivity index (χ0v) is 10.9. The summed E-state index contributed by atoms with van der Waals surface area (Å²) in [7, 11) is 0. The largest absolute Gasteiger partial charge is 0.295 e. The molecular weight excluding hydrogens is 224 g/mol. The Hall–Kier alpha value is -0.610. The Morgan fingerprint density at radius 2 is 2.19 bits per heavy atom. The molecule has 0 aliphatic carbocycles. The van der Waals surface area contributed by atoms with E-state index in [4.69, 9.17) is 11.6 Å². The number of hydrogen-bond acceptors (Lipinski definition) is 3. The third-order valence-corrected chi connectivity index (χ3v) is 2.76. The van der Waals surface area contributed by atoms with Crippen LogP contribution in [0.25, 0.3) is 0 Å². The fourth-order valence-electron chi connectivity index (χ4n) is 1.65. The summed E-state index contributed by atoms with van der Waals surface area (Å²) in [5, 5.41) is 4.17. The second kappa shape index (κ2) is 7.63. The van der Waals surface area contributed by atoms with E-state index in [2.05, 4.69) is 28.8 Å². The first-order chi connectivity index (χ1) is 7.81. The summed E-state index contributed by atoms with van der Waals surface area (Å²) in [6.45, 7) is 8.00. The van der Waals surface area contributed by atoms with Crippen molar-refractivity contribution in [2.45, 2.75) is 39.8 Å². The number of alkyl halides is 1. The maximum atomic E-state index is 5.80. The third-order valence-electron chi connectivity index (χ3n) is 2.59. The van der Waals surface area contributed by atoms with Crippen molar-refractivity contribution >= 4 is 11.6 Å². The van der Waals surface area contributed by atoms with E-state index in [9.17, 15) is 0 Å². The van der Waals surface area contributed by atoms with Crippen LogP contribution in [0.5, 0.6) is 0 Å². The van der Waals surface area contributed by atoms with Crippen molar-refractivity contribution in [3.8, 4) is 0 Å². The van der Waals surface area contributed by atoms with E-state index in [-0.39, 0.29) is 0 Å². The van der Waals surface area contributed by atoms with Crippen LogP contribution in [0.2, 0.25) is 0 Å². The SMILES string of the molecule is CCCCN(CCCl)Cc1ncnn1CC. The summed E-state index contributed by atoms with van der Waals surface area (Å²) in [5.41, 5.74) is 0. The van der Waals surface area contributed by atoms with Crippen LogP contribution in [0.1, 0.15) is 32.5 Å². The van der Waals surface area contributed by atoms with Gasteiger partial charge in [-0.2, -0.15) is 5.10 Å². The zero-order valence-electron chi connectivity index (χ0n) is 10.2. The lowest BCUT2D eigenvalue weighted by atomic mass is 10.3. The van der Waals surface area contributed by atoms with E-state index >= 15 is 0 Å². The Bertz CT molecular complexity index is 287. The first-order valence-corrected chi connectivity index (χ1v) is 6.50. The molecule has 1 aromatic heterocycles. The maximum absolute atomic E-state index is 5.80. The van der Waals surface area contributed by atoms with Gasteiger partial charge in [0.25, 0.3) is 0 Å². The van der Waals surface area contributed by atoms with Gasteiger partial charge in [-0.3, -0.25) is 4.90 Å². The fourth-order valence-corrected chi connectivity index (χ4v) is 1.88. The van der Waals surface area contributed by atoms with Gasteiger partial charge in [-0.05, 0) is 19.9 Å². The molecule has 5 heteroatoms. The predicted octanol–water partition coefficient (Wildman–Crippen LogP) is 2.14. The minimum atomic E-state index is 0.671. The highest BCUT2D eigenvalue weighted by atomic mass is 35.5. The lowest BCUT2D eigenvalue weighted by molar-refractivity contribution is 0.265. The number of aryl methyl sites for hydroxylation is 1. The van der Waals surface area contributed by atoms with E-state index in [1.165, 1.54) is 12.8 Å². The van der Waals surface area contributed by atoms with Crippen molar-refractivity contribution in [2.75, 3.05) is 19.0 Å². The van der Waals surface area contributed by atoms with Gasteiger partial charge in [-0.1, -0.05) is 13.3 Å². The summed E-state index contributed by atoms with van der Waals surface area (Å²) in [4.78, 5) is 6.62. The van der Waals surface area contributed by atoms with Crippen molar-refractivity contribution in [1.29, 1.82) is 0 Å². The van der Waals surface area contributed by atoms with E-state index in [1.807, 2.05) is 4.68 Å². The molecule has 0 amide bonds. The first kappa shape index (κ1) is 13.5. The Labute approximate surface area is 103 Å². The highest BCUT2D eigenvalue weighted by molar-refractivity contribution is 6.18. The van der Waals surface area contributed by atoms with E-state index < -0.39 is 0 Å². The van der Waals surface area contributed by atoms with Gasteiger partial charge >= 0.3 is 0 Å². The van der Waals surface area contributed by atoms with Crippen molar-refractivity contribution < 1.29 is 0 Å². The van der Waals surface area contributed by atoms with Crippen LogP contribution < -0.4 is 0 Å². The van der Waals surface area contributed by atoms with Crippen LogP contribution in [-0.4, -0.2) is 38.6 Å². The van der Waals surface area contributed by atoms with Crippen LogP contribution in [0.4, 0.5) is 0 Å². The van der Waals surface area contributed by atoms with Gasteiger partial charge in [-0.25, -0.2) is 9.67 Å². The van der Waals surface area contributed by atoms with Crippen molar-refractivity contribution in [1.82, 2.24) is 19.7 Å². The molecule has 0 N–H and O–H groups in total. The van der Waals surface area contributed by atoms with Crippen LogP contribution in [0, 0.1) is 0 Å². The molecule has 0 aliphatic rings. The van der Waals surface area contributed by atoms with Crippen LogP contribution >= 0.6 is 11.6 Å². The molecule has 0 atom stereocenters. The molecule has 0 fully saturated rings. The van der Waals surface area contributed by atoms with Gasteiger partial charge in [0, 0.05) is 19.0 Å². The minimum absolute atomic E-state index is 0.671.